The first-order valence-electron chi connectivity index (χ1n) is 8.14. The first kappa shape index (κ1) is 17.4. The van der Waals surface area contributed by atoms with Crippen molar-refractivity contribution < 1.29 is 9.53 Å². The molecule has 1 aliphatic rings. The summed E-state index contributed by atoms with van der Waals surface area (Å²) >= 11 is 2.23. The highest BCUT2D eigenvalue weighted by Gasteiger charge is 2.20. The molecule has 0 aromatic heterocycles. The summed E-state index contributed by atoms with van der Waals surface area (Å²) in [6, 6.07) is 17.8. The van der Waals surface area contributed by atoms with Crippen LogP contribution in [0, 0.1) is 3.57 Å². The normalized spacial score (nSPS) is 16.5. The summed E-state index contributed by atoms with van der Waals surface area (Å²) in [5.74, 6) is -0.0318. The maximum atomic E-state index is 12.7. The van der Waals surface area contributed by atoms with Gasteiger partial charge in [0, 0.05) is 28.8 Å². The number of nitrogens with one attached hydrogen (secondary N) is 1. The molecule has 126 valence electrons. The molecule has 24 heavy (non-hydrogen) atoms. The van der Waals surface area contributed by atoms with Crippen LogP contribution in [0.4, 0.5) is 0 Å². The summed E-state index contributed by atoms with van der Waals surface area (Å²) in [6.07, 6.45) is 0. The first-order valence-corrected chi connectivity index (χ1v) is 9.22. The Labute approximate surface area is 156 Å². The molecule has 5 heteroatoms. The van der Waals surface area contributed by atoms with Crippen LogP contribution in [0.5, 0.6) is 0 Å². The number of benzene rings is 2. The number of nitrogens with zero attached hydrogens (tertiary/aromatic N) is 1. The Hall–Kier alpha value is -1.44. The zero-order valence-electron chi connectivity index (χ0n) is 13.5. The molecule has 2 aromatic carbocycles. The van der Waals surface area contributed by atoms with E-state index in [1.54, 1.807) is 0 Å². The fraction of sp³-hybridized carbons (Fsp3) is 0.316. The average molecular weight is 436 g/mol. The molecule has 4 nitrogen and oxygen atoms in total. The third-order valence-corrected chi connectivity index (χ3v) is 4.81. The molecule has 0 saturated carbocycles. The van der Waals surface area contributed by atoms with Gasteiger partial charge in [-0.15, -0.1) is 0 Å². The van der Waals surface area contributed by atoms with Crippen LogP contribution in [0.3, 0.4) is 0 Å². The molecular weight excluding hydrogens is 415 g/mol. The van der Waals surface area contributed by atoms with Crippen LogP contribution < -0.4 is 5.32 Å². The van der Waals surface area contributed by atoms with Crippen molar-refractivity contribution >= 4 is 28.5 Å². The second kappa shape index (κ2) is 8.60. The molecule has 1 saturated heterocycles. The quantitative estimate of drug-likeness (QED) is 0.733. The molecule has 1 heterocycles. The Kier molecular flexibility index (Phi) is 6.23. The largest absolute Gasteiger partial charge is 0.379 e. The van der Waals surface area contributed by atoms with Gasteiger partial charge in [-0.05, 0) is 46.4 Å². The molecule has 1 atom stereocenters. The SMILES string of the molecule is O=C(N[C@H](CN1CCOCC1)c1ccccc1)c1cccc(I)c1. The Morgan fingerprint density at radius 1 is 1.12 bits per heavy atom. The molecule has 0 radical (unpaired) electrons. The third-order valence-electron chi connectivity index (χ3n) is 4.14. The molecule has 0 bridgehead atoms. The number of carbonyl (C=O) groups excluding carboxylic acids is 1. The van der Waals surface area contributed by atoms with Gasteiger partial charge in [-0.25, -0.2) is 0 Å². The molecule has 3 rings (SSSR count). The maximum Gasteiger partial charge on any atom is 0.251 e. The number of ether oxygens (including phenoxy) is 1. The van der Waals surface area contributed by atoms with Crippen molar-refractivity contribution in [1.82, 2.24) is 10.2 Å². The number of hydrogen-bond donors (Lipinski definition) is 1. The summed E-state index contributed by atoms with van der Waals surface area (Å²) in [4.78, 5) is 15.0. The van der Waals surface area contributed by atoms with E-state index in [0.717, 1.165) is 42.0 Å². The van der Waals surface area contributed by atoms with Gasteiger partial charge in [-0.1, -0.05) is 36.4 Å². The van der Waals surface area contributed by atoms with Crippen molar-refractivity contribution in [3.8, 4) is 0 Å². The predicted octanol–water partition coefficient (Wildman–Crippen LogP) is 3.09. The van der Waals surface area contributed by atoms with E-state index in [9.17, 15) is 4.79 Å². The number of halogens is 1. The maximum absolute atomic E-state index is 12.7. The van der Waals surface area contributed by atoms with Gasteiger partial charge in [-0.2, -0.15) is 0 Å². The van der Waals surface area contributed by atoms with Crippen molar-refractivity contribution in [3.63, 3.8) is 0 Å². The van der Waals surface area contributed by atoms with Crippen LogP contribution in [0.1, 0.15) is 22.0 Å². The monoisotopic (exact) mass is 436 g/mol. The van der Waals surface area contributed by atoms with E-state index < -0.39 is 0 Å². The van der Waals surface area contributed by atoms with Gasteiger partial charge in [0.25, 0.3) is 5.91 Å². The lowest BCUT2D eigenvalue weighted by atomic mass is 10.1. The van der Waals surface area contributed by atoms with Crippen molar-refractivity contribution in [1.29, 1.82) is 0 Å². The lowest BCUT2D eigenvalue weighted by Crippen LogP contribution is -2.43. The second-order valence-corrected chi connectivity index (χ2v) is 7.11. The second-order valence-electron chi connectivity index (χ2n) is 5.86. The average Bonchev–Trinajstić information content (AvgIpc) is 2.63. The van der Waals surface area contributed by atoms with Gasteiger partial charge < -0.3 is 10.1 Å². The smallest absolute Gasteiger partial charge is 0.251 e. The van der Waals surface area contributed by atoms with E-state index in [4.69, 9.17) is 4.74 Å². The molecule has 1 amide bonds. The fourth-order valence-corrected chi connectivity index (χ4v) is 3.38. The molecule has 1 N–H and O–H groups in total. The van der Waals surface area contributed by atoms with Gasteiger partial charge in [0.1, 0.15) is 0 Å². The molecule has 0 spiro atoms. The highest BCUT2D eigenvalue weighted by atomic mass is 127. The lowest BCUT2D eigenvalue weighted by molar-refractivity contribution is 0.0332. The van der Waals surface area contributed by atoms with Gasteiger partial charge >= 0.3 is 0 Å². The van der Waals surface area contributed by atoms with E-state index in [1.807, 2.05) is 42.5 Å². The number of morpholine rings is 1. The molecule has 2 aromatic rings. The van der Waals surface area contributed by atoms with Gasteiger partial charge in [-0.3, -0.25) is 9.69 Å². The van der Waals surface area contributed by atoms with Gasteiger partial charge in [0.15, 0.2) is 0 Å². The summed E-state index contributed by atoms with van der Waals surface area (Å²) in [6.45, 7) is 4.12. The Balaban J connectivity index is 1.75. The van der Waals surface area contributed by atoms with Crippen LogP contribution in [-0.2, 0) is 4.74 Å². The van der Waals surface area contributed by atoms with Crippen molar-refractivity contribution in [2.75, 3.05) is 32.8 Å². The minimum atomic E-state index is -0.0327. The molecule has 0 unspecified atom stereocenters. The minimum Gasteiger partial charge on any atom is -0.379 e. The highest BCUT2D eigenvalue weighted by molar-refractivity contribution is 14.1. The topological polar surface area (TPSA) is 41.6 Å². The van der Waals surface area contributed by atoms with Crippen LogP contribution in [-0.4, -0.2) is 43.7 Å². The molecular formula is C19H21IN2O2. The number of rotatable bonds is 5. The van der Waals surface area contributed by atoms with Crippen molar-refractivity contribution in [2.45, 2.75) is 6.04 Å². The van der Waals surface area contributed by atoms with Crippen LogP contribution in [0.2, 0.25) is 0 Å². The molecule has 0 aliphatic carbocycles. The van der Waals surface area contributed by atoms with Gasteiger partial charge in [0.05, 0.1) is 19.3 Å². The summed E-state index contributed by atoms with van der Waals surface area (Å²) in [5, 5.41) is 3.20. The van der Waals surface area contributed by atoms with Crippen molar-refractivity contribution in [2.24, 2.45) is 0 Å². The first-order chi connectivity index (χ1) is 11.7. The number of carbonyl (C=O) groups is 1. The Morgan fingerprint density at radius 3 is 2.58 bits per heavy atom. The zero-order chi connectivity index (χ0) is 16.8. The van der Waals surface area contributed by atoms with Crippen molar-refractivity contribution in [3.05, 3.63) is 69.3 Å². The Bertz CT molecular complexity index is 672. The van der Waals surface area contributed by atoms with Crippen LogP contribution in [0.15, 0.2) is 54.6 Å². The molecule has 1 aliphatic heterocycles. The van der Waals surface area contributed by atoms with E-state index in [0.29, 0.717) is 5.56 Å². The Morgan fingerprint density at radius 2 is 1.88 bits per heavy atom. The fourth-order valence-electron chi connectivity index (χ4n) is 2.83. The van der Waals surface area contributed by atoms with Crippen LogP contribution in [0.25, 0.3) is 0 Å². The molecule has 1 fully saturated rings. The lowest BCUT2D eigenvalue weighted by Gasteiger charge is -2.31. The highest BCUT2D eigenvalue weighted by Crippen LogP contribution is 2.17. The summed E-state index contributed by atoms with van der Waals surface area (Å²) < 4.78 is 6.48. The van der Waals surface area contributed by atoms with E-state index in [1.165, 1.54) is 0 Å². The third kappa shape index (κ3) is 4.78. The number of hydrogen-bond acceptors (Lipinski definition) is 3. The van der Waals surface area contributed by atoms with E-state index in [2.05, 4.69) is 44.9 Å². The standard InChI is InChI=1S/C19H21IN2O2/c20-17-8-4-7-16(13-17)19(23)21-18(15-5-2-1-3-6-15)14-22-9-11-24-12-10-22/h1-8,13,18H,9-12,14H2,(H,21,23)/t18-/m1/s1. The van der Waals surface area contributed by atoms with Crippen LogP contribution >= 0.6 is 22.6 Å². The minimum absolute atomic E-state index is 0.0318. The number of amides is 1. The zero-order valence-corrected chi connectivity index (χ0v) is 15.6. The van der Waals surface area contributed by atoms with E-state index in [-0.39, 0.29) is 11.9 Å². The summed E-state index contributed by atoms with van der Waals surface area (Å²) in [7, 11) is 0. The summed E-state index contributed by atoms with van der Waals surface area (Å²) in [5.41, 5.74) is 1.83. The van der Waals surface area contributed by atoms with Gasteiger partial charge in [0.2, 0.25) is 0 Å². The van der Waals surface area contributed by atoms with E-state index >= 15 is 0 Å². The predicted molar refractivity (Wildman–Crippen MR) is 103 cm³/mol.